The van der Waals surface area contributed by atoms with Gasteiger partial charge in [0.2, 0.25) is 0 Å². The summed E-state index contributed by atoms with van der Waals surface area (Å²) in [6.45, 7) is 1.78. The Balaban J connectivity index is 1.66. The molecule has 9 heteroatoms. The molecule has 0 saturated heterocycles. The maximum atomic E-state index is 12.9. The summed E-state index contributed by atoms with van der Waals surface area (Å²) in [6.07, 6.45) is -4.47. The fraction of sp³-hybridized carbons (Fsp3) is 0.125. The molecule has 4 rings (SSSR count). The zero-order valence-electron chi connectivity index (χ0n) is 17.4. The Hall–Kier alpha value is -4.14. The SMILES string of the molecule is C[C@H](NC(=O)c1ccc2c(ccc(=O)n2-c2ccc(C(F)(F)F)cc2)c1)c1cccc(N)n1. The number of hydrogen-bond acceptors (Lipinski definition) is 4. The lowest BCUT2D eigenvalue weighted by Crippen LogP contribution is -2.27. The Kier molecular flexibility index (Phi) is 5.63. The number of fused-ring (bicyclic) bond motifs is 1. The molecule has 168 valence electrons. The van der Waals surface area contributed by atoms with Crippen LogP contribution in [0.25, 0.3) is 16.6 Å². The van der Waals surface area contributed by atoms with E-state index in [0.29, 0.717) is 28.0 Å². The number of aromatic nitrogens is 2. The molecule has 6 nitrogen and oxygen atoms in total. The van der Waals surface area contributed by atoms with Crippen LogP contribution >= 0.6 is 0 Å². The van der Waals surface area contributed by atoms with Gasteiger partial charge in [-0.15, -0.1) is 0 Å². The number of halogens is 3. The average Bonchev–Trinajstić information content (AvgIpc) is 2.78. The summed E-state index contributed by atoms with van der Waals surface area (Å²) in [6, 6.07) is 16.7. The molecule has 0 radical (unpaired) electrons. The van der Waals surface area contributed by atoms with Gasteiger partial charge in [-0.05, 0) is 73.0 Å². The molecule has 0 fully saturated rings. The van der Waals surface area contributed by atoms with Crippen LogP contribution in [-0.2, 0) is 6.18 Å². The van der Waals surface area contributed by atoms with Crippen LogP contribution in [0, 0.1) is 0 Å². The quantitative estimate of drug-likeness (QED) is 0.478. The second-order valence-electron chi connectivity index (χ2n) is 7.51. The van der Waals surface area contributed by atoms with Crippen molar-refractivity contribution in [2.45, 2.75) is 19.1 Å². The van der Waals surface area contributed by atoms with Gasteiger partial charge in [0.25, 0.3) is 11.5 Å². The first-order chi connectivity index (χ1) is 15.6. The van der Waals surface area contributed by atoms with Crippen LogP contribution in [0.2, 0.25) is 0 Å². The highest BCUT2D eigenvalue weighted by Gasteiger charge is 2.30. The third-order valence-electron chi connectivity index (χ3n) is 5.19. The first kappa shape index (κ1) is 22.1. The molecule has 0 unspecified atom stereocenters. The van der Waals surface area contributed by atoms with Crippen LogP contribution in [0.3, 0.4) is 0 Å². The van der Waals surface area contributed by atoms with Crippen molar-refractivity contribution in [1.29, 1.82) is 0 Å². The Labute approximate surface area is 186 Å². The van der Waals surface area contributed by atoms with E-state index < -0.39 is 23.3 Å². The van der Waals surface area contributed by atoms with Crippen LogP contribution in [0.1, 0.15) is 34.6 Å². The van der Waals surface area contributed by atoms with Crippen molar-refractivity contribution in [3.05, 3.63) is 100.0 Å². The molecule has 0 saturated carbocycles. The molecule has 0 aliphatic carbocycles. The number of nitrogens with two attached hydrogens (primary N) is 1. The van der Waals surface area contributed by atoms with Gasteiger partial charge >= 0.3 is 6.18 Å². The van der Waals surface area contributed by atoms with Crippen LogP contribution in [0.5, 0.6) is 0 Å². The van der Waals surface area contributed by atoms with E-state index in [1.54, 1.807) is 49.4 Å². The fourth-order valence-corrected chi connectivity index (χ4v) is 3.52. The molecule has 2 aromatic carbocycles. The van der Waals surface area contributed by atoms with E-state index in [1.807, 2.05) is 0 Å². The van der Waals surface area contributed by atoms with Crippen molar-refractivity contribution in [2.24, 2.45) is 0 Å². The number of carbonyl (C=O) groups excluding carboxylic acids is 1. The minimum Gasteiger partial charge on any atom is -0.384 e. The van der Waals surface area contributed by atoms with Gasteiger partial charge in [0, 0.05) is 17.3 Å². The summed E-state index contributed by atoms with van der Waals surface area (Å²) in [5.74, 6) is 0.00134. The lowest BCUT2D eigenvalue weighted by atomic mass is 10.1. The largest absolute Gasteiger partial charge is 0.416 e. The molecule has 2 aromatic heterocycles. The molecule has 0 aliphatic heterocycles. The van der Waals surface area contributed by atoms with Crippen molar-refractivity contribution < 1.29 is 18.0 Å². The van der Waals surface area contributed by atoms with E-state index >= 15 is 0 Å². The number of benzene rings is 2. The lowest BCUT2D eigenvalue weighted by Gasteiger charge is -2.15. The molecule has 0 aliphatic rings. The number of nitrogens with zero attached hydrogens (tertiary/aromatic N) is 2. The van der Waals surface area contributed by atoms with E-state index in [2.05, 4.69) is 10.3 Å². The van der Waals surface area contributed by atoms with Gasteiger partial charge in [-0.1, -0.05) is 6.07 Å². The summed E-state index contributed by atoms with van der Waals surface area (Å²) in [5, 5.41) is 3.43. The molecular weight excluding hydrogens is 433 g/mol. The highest BCUT2D eigenvalue weighted by Crippen LogP contribution is 2.30. The van der Waals surface area contributed by atoms with Gasteiger partial charge in [-0.2, -0.15) is 13.2 Å². The molecule has 1 amide bonds. The van der Waals surface area contributed by atoms with Crippen LogP contribution < -0.4 is 16.6 Å². The van der Waals surface area contributed by atoms with Gasteiger partial charge in [-0.25, -0.2) is 4.98 Å². The van der Waals surface area contributed by atoms with E-state index in [9.17, 15) is 22.8 Å². The lowest BCUT2D eigenvalue weighted by molar-refractivity contribution is -0.137. The molecule has 0 spiro atoms. The fourth-order valence-electron chi connectivity index (χ4n) is 3.52. The first-order valence-electron chi connectivity index (χ1n) is 10.0. The highest BCUT2D eigenvalue weighted by atomic mass is 19.4. The smallest absolute Gasteiger partial charge is 0.384 e. The van der Waals surface area contributed by atoms with E-state index in [-0.39, 0.29) is 11.6 Å². The number of pyridine rings is 2. The van der Waals surface area contributed by atoms with E-state index in [0.717, 1.165) is 12.1 Å². The van der Waals surface area contributed by atoms with Crippen LogP contribution in [-0.4, -0.2) is 15.5 Å². The molecule has 33 heavy (non-hydrogen) atoms. The second kappa shape index (κ2) is 8.42. The number of rotatable bonds is 4. The molecule has 2 heterocycles. The zero-order chi connectivity index (χ0) is 23.8. The summed E-state index contributed by atoms with van der Waals surface area (Å²) >= 11 is 0. The Bertz CT molecular complexity index is 1400. The Morgan fingerprint density at radius 3 is 2.42 bits per heavy atom. The maximum Gasteiger partial charge on any atom is 0.416 e. The number of hydrogen-bond donors (Lipinski definition) is 2. The molecule has 1 atom stereocenters. The van der Waals surface area contributed by atoms with Gasteiger partial charge in [0.1, 0.15) is 5.82 Å². The van der Waals surface area contributed by atoms with Crippen molar-refractivity contribution in [2.75, 3.05) is 5.73 Å². The van der Waals surface area contributed by atoms with E-state index in [1.165, 1.54) is 22.8 Å². The summed E-state index contributed by atoms with van der Waals surface area (Å²) in [5.41, 5.74) is 6.21. The van der Waals surface area contributed by atoms with Crippen LogP contribution in [0.4, 0.5) is 19.0 Å². The predicted molar refractivity (Wildman–Crippen MR) is 119 cm³/mol. The number of alkyl halides is 3. The van der Waals surface area contributed by atoms with Crippen molar-refractivity contribution in [3.8, 4) is 5.69 Å². The Morgan fingerprint density at radius 1 is 1.03 bits per heavy atom. The van der Waals surface area contributed by atoms with Gasteiger partial charge in [0.05, 0.1) is 22.8 Å². The minimum atomic E-state index is -4.47. The summed E-state index contributed by atoms with van der Waals surface area (Å²) in [7, 11) is 0. The van der Waals surface area contributed by atoms with Gasteiger partial charge in [0.15, 0.2) is 0 Å². The topological polar surface area (TPSA) is 90.0 Å². The normalized spacial score (nSPS) is 12.5. The number of nitrogens with one attached hydrogen (secondary N) is 1. The average molecular weight is 452 g/mol. The Morgan fingerprint density at radius 2 is 1.76 bits per heavy atom. The zero-order valence-corrected chi connectivity index (χ0v) is 17.4. The van der Waals surface area contributed by atoms with Crippen molar-refractivity contribution in [3.63, 3.8) is 0 Å². The summed E-state index contributed by atoms with van der Waals surface area (Å²) < 4.78 is 39.9. The third-order valence-corrected chi connectivity index (χ3v) is 5.19. The molecule has 3 N–H and O–H groups in total. The number of anilines is 1. The molecule has 0 bridgehead atoms. The summed E-state index contributed by atoms with van der Waals surface area (Å²) in [4.78, 5) is 29.5. The molecule has 4 aromatic rings. The molecular formula is C24H19F3N4O2. The van der Waals surface area contributed by atoms with Crippen molar-refractivity contribution in [1.82, 2.24) is 14.9 Å². The highest BCUT2D eigenvalue weighted by molar-refractivity contribution is 5.98. The predicted octanol–water partition coefficient (Wildman–Crippen LogP) is 4.48. The minimum absolute atomic E-state index is 0.289. The monoisotopic (exact) mass is 452 g/mol. The first-order valence-corrected chi connectivity index (χ1v) is 10.0. The number of amides is 1. The van der Waals surface area contributed by atoms with Gasteiger partial charge < -0.3 is 11.1 Å². The van der Waals surface area contributed by atoms with Crippen LogP contribution in [0.15, 0.2) is 77.6 Å². The van der Waals surface area contributed by atoms with E-state index in [4.69, 9.17) is 5.73 Å². The second-order valence-corrected chi connectivity index (χ2v) is 7.51. The third kappa shape index (κ3) is 4.57. The van der Waals surface area contributed by atoms with Gasteiger partial charge in [-0.3, -0.25) is 14.2 Å². The number of nitrogen functional groups attached to an aromatic ring is 1. The maximum absolute atomic E-state index is 12.9. The van der Waals surface area contributed by atoms with Crippen molar-refractivity contribution >= 4 is 22.6 Å². The standard InChI is InChI=1S/C24H19F3N4O2/c1-14(19-3-2-4-21(28)30-19)29-23(33)16-5-11-20-15(13-16)6-12-22(32)31(20)18-9-7-17(8-10-18)24(25,26)27/h2-14H,1H3,(H2,28,30)(H,29,33)/t14-/m0/s1. The number of carbonyl (C=O) groups is 1.